The lowest BCUT2D eigenvalue weighted by Crippen LogP contribution is -2.53. The van der Waals surface area contributed by atoms with Crippen molar-refractivity contribution in [3.63, 3.8) is 0 Å². The van der Waals surface area contributed by atoms with Crippen molar-refractivity contribution in [2.75, 3.05) is 16.2 Å². The normalized spacial score (nSPS) is 14.3. The predicted molar refractivity (Wildman–Crippen MR) is 127 cm³/mol. The van der Waals surface area contributed by atoms with Crippen LogP contribution in [-0.2, 0) is 26.8 Å². The Morgan fingerprint density at radius 3 is 2.08 bits per heavy atom. The van der Waals surface area contributed by atoms with Crippen LogP contribution in [0.2, 0.25) is 0 Å². The van der Waals surface area contributed by atoms with Crippen LogP contribution in [0.5, 0.6) is 0 Å². The summed E-state index contributed by atoms with van der Waals surface area (Å²) in [7, 11) is -4.08. The first-order chi connectivity index (χ1) is 18.0. The van der Waals surface area contributed by atoms with Gasteiger partial charge in [-0.15, -0.1) is 0 Å². The predicted octanol–water partition coefficient (Wildman–Crippen LogP) is 5.51. The SMILES string of the molecule is CC(=O)N1CCc2cc(S(=O)(=O)Nc3ccc(-c4ccc(C(O)(C(F)(F)F)C(F)(F)F)cc4F)cc3)ccc21. The molecule has 0 aromatic heterocycles. The highest BCUT2D eigenvalue weighted by Crippen LogP contribution is 2.50. The highest BCUT2D eigenvalue weighted by atomic mass is 32.2. The molecule has 2 N–H and O–H groups in total. The minimum atomic E-state index is -6.16. The van der Waals surface area contributed by atoms with Gasteiger partial charge in [-0.2, -0.15) is 26.3 Å². The number of nitrogens with zero attached hydrogens (tertiary/aromatic N) is 1. The second-order valence-corrected chi connectivity index (χ2v) is 10.5. The molecule has 3 aromatic rings. The molecular formula is C25H19F7N2O4S. The van der Waals surface area contributed by atoms with Crippen molar-refractivity contribution in [1.29, 1.82) is 0 Å². The Hall–Kier alpha value is -3.65. The van der Waals surface area contributed by atoms with E-state index in [2.05, 4.69) is 4.72 Å². The molecule has 4 rings (SSSR count). The molecule has 0 saturated heterocycles. The Balaban J connectivity index is 1.57. The average molecular weight is 576 g/mol. The molecule has 0 saturated carbocycles. The van der Waals surface area contributed by atoms with Crippen molar-refractivity contribution in [2.24, 2.45) is 0 Å². The molecule has 1 heterocycles. The van der Waals surface area contributed by atoms with Crippen LogP contribution in [0.1, 0.15) is 18.1 Å². The lowest BCUT2D eigenvalue weighted by Gasteiger charge is -2.32. The summed E-state index contributed by atoms with van der Waals surface area (Å²) in [5.74, 6) is -1.64. The fraction of sp³-hybridized carbons (Fsp3) is 0.240. The van der Waals surface area contributed by atoms with Gasteiger partial charge >= 0.3 is 12.4 Å². The second-order valence-electron chi connectivity index (χ2n) is 8.79. The number of hydrogen-bond acceptors (Lipinski definition) is 4. The minimum Gasteiger partial charge on any atom is -0.369 e. The summed E-state index contributed by atoms with van der Waals surface area (Å²) in [6.45, 7) is 1.82. The van der Waals surface area contributed by atoms with E-state index in [1.54, 1.807) is 0 Å². The third kappa shape index (κ3) is 5.05. The van der Waals surface area contributed by atoms with E-state index in [1.807, 2.05) is 0 Å². The van der Waals surface area contributed by atoms with Crippen LogP contribution in [0.15, 0.2) is 65.6 Å². The first-order valence-electron chi connectivity index (χ1n) is 11.2. The van der Waals surface area contributed by atoms with Gasteiger partial charge in [-0.3, -0.25) is 9.52 Å². The van der Waals surface area contributed by atoms with E-state index < -0.39 is 39.4 Å². The zero-order chi connectivity index (χ0) is 29.0. The van der Waals surface area contributed by atoms with Gasteiger partial charge in [-0.1, -0.05) is 24.3 Å². The molecule has 0 aliphatic carbocycles. The number of aliphatic hydroxyl groups is 1. The van der Waals surface area contributed by atoms with Crippen LogP contribution in [-0.4, -0.2) is 38.3 Å². The summed E-state index contributed by atoms with van der Waals surface area (Å²) in [6, 6.07) is 10.1. The second kappa shape index (κ2) is 9.52. The van der Waals surface area contributed by atoms with Crippen molar-refractivity contribution in [1.82, 2.24) is 0 Å². The third-order valence-corrected chi connectivity index (χ3v) is 7.67. The van der Waals surface area contributed by atoms with Gasteiger partial charge < -0.3 is 10.0 Å². The van der Waals surface area contributed by atoms with Crippen LogP contribution >= 0.6 is 0 Å². The van der Waals surface area contributed by atoms with E-state index in [-0.39, 0.29) is 33.7 Å². The fourth-order valence-electron chi connectivity index (χ4n) is 4.27. The lowest BCUT2D eigenvalue weighted by molar-refractivity contribution is -0.376. The van der Waals surface area contributed by atoms with Crippen molar-refractivity contribution >= 4 is 27.3 Å². The lowest BCUT2D eigenvalue weighted by atomic mass is 9.90. The van der Waals surface area contributed by atoms with Crippen molar-refractivity contribution in [2.45, 2.75) is 36.2 Å². The number of amides is 1. The Morgan fingerprint density at radius 2 is 1.54 bits per heavy atom. The fourth-order valence-corrected chi connectivity index (χ4v) is 5.38. The molecule has 0 atom stereocenters. The van der Waals surface area contributed by atoms with E-state index in [1.165, 1.54) is 54.3 Å². The van der Waals surface area contributed by atoms with Crippen molar-refractivity contribution in [3.05, 3.63) is 77.6 Å². The van der Waals surface area contributed by atoms with Crippen LogP contribution in [0, 0.1) is 5.82 Å². The zero-order valence-electron chi connectivity index (χ0n) is 19.9. The maximum atomic E-state index is 14.6. The minimum absolute atomic E-state index is 0.0198. The number of carbonyl (C=O) groups excluding carboxylic acids is 1. The average Bonchev–Trinajstić information content (AvgIpc) is 3.26. The summed E-state index contributed by atoms with van der Waals surface area (Å²) in [6.07, 6.45) is -11.9. The number of halogens is 7. The standard InChI is InChI=1S/C25H19F7N2O4S/c1-14(35)34-11-10-16-12-19(7-9-22(16)34)39(37,38)33-18-5-2-15(3-6-18)20-8-4-17(13-21(20)26)23(36,24(27,28)29)25(30,31)32/h2-9,12-13,33,36H,10-11H2,1H3. The maximum absolute atomic E-state index is 14.6. The highest BCUT2D eigenvalue weighted by molar-refractivity contribution is 7.92. The van der Waals surface area contributed by atoms with Gasteiger partial charge in [0.05, 0.1) is 4.90 Å². The molecule has 3 aromatic carbocycles. The number of alkyl halides is 6. The molecule has 6 nitrogen and oxygen atoms in total. The topological polar surface area (TPSA) is 86.7 Å². The van der Waals surface area contributed by atoms with Gasteiger partial charge in [0.25, 0.3) is 15.6 Å². The monoisotopic (exact) mass is 576 g/mol. The van der Waals surface area contributed by atoms with Gasteiger partial charge in [0, 0.05) is 36.0 Å². The Bertz CT molecular complexity index is 1520. The van der Waals surface area contributed by atoms with Crippen molar-refractivity contribution in [3.8, 4) is 11.1 Å². The van der Waals surface area contributed by atoms with E-state index in [0.29, 0.717) is 36.3 Å². The smallest absolute Gasteiger partial charge is 0.369 e. The molecule has 1 aliphatic rings. The first kappa shape index (κ1) is 28.4. The number of hydrogen-bond donors (Lipinski definition) is 2. The molecule has 0 fully saturated rings. The molecule has 39 heavy (non-hydrogen) atoms. The summed E-state index contributed by atoms with van der Waals surface area (Å²) in [5.41, 5.74) is -6.05. The Labute approximate surface area is 217 Å². The van der Waals surface area contributed by atoms with Gasteiger partial charge in [-0.05, 0) is 53.9 Å². The molecule has 0 bridgehead atoms. The Morgan fingerprint density at radius 1 is 0.923 bits per heavy atom. The van der Waals surface area contributed by atoms with Crippen LogP contribution in [0.3, 0.4) is 0 Å². The largest absolute Gasteiger partial charge is 0.430 e. The number of fused-ring (bicyclic) bond motifs is 1. The number of benzene rings is 3. The van der Waals surface area contributed by atoms with Gasteiger partial charge in [0.15, 0.2) is 0 Å². The van der Waals surface area contributed by atoms with Crippen LogP contribution in [0.25, 0.3) is 11.1 Å². The summed E-state index contributed by atoms with van der Waals surface area (Å²) >= 11 is 0. The van der Waals surface area contributed by atoms with Crippen molar-refractivity contribution < 1.29 is 49.1 Å². The zero-order valence-corrected chi connectivity index (χ0v) is 20.7. The van der Waals surface area contributed by atoms with E-state index in [4.69, 9.17) is 0 Å². The van der Waals surface area contributed by atoms with E-state index >= 15 is 0 Å². The van der Waals surface area contributed by atoms with Gasteiger partial charge in [-0.25, -0.2) is 12.8 Å². The van der Waals surface area contributed by atoms with E-state index in [0.717, 1.165) is 0 Å². The molecule has 14 heteroatoms. The molecule has 0 unspecified atom stereocenters. The summed E-state index contributed by atoms with van der Waals surface area (Å²) < 4.78 is 121. The third-order valence-electron chi connectivity index (χ3n) is 6.29. The molecule has 0 radical (unpaired) electrons. The molecule has 1 aliphatic heterocycles. The molecule has 0 spiro atoms. The molecular weight excluding hydrogens is 557 g/mol. The maximum Gasteiger partial charge on any atom is 0.430 e. The number of sulfonamides is 1. The summed E-state index contributed by atoms with van der Waals surface area (Å²) in [4.78, 5) is 13.1. The quantitative estimate of drug-likeness (QED) is 0.392. The van der Waals surface area contributed by atoms with Gasteiger partial charge in [0.2, 0.25) is 5.91 Å². The number of anilines is 2. The van der Waals surface area contributed by atoms with Crippen LogP contribution in [0.4, 0.5) is 42.1 Å². The van der Waals surface area contributed by atoms with E-state index in [9.17, 15) is 49.1 Å². The van der Waals surface area contributed by atoms with Gasteiger partial charge in [0.1, 0.15) is 5.82 Å². The summed E-state index contributed by atoms with van der Waals surface area (Å²) in [5, 5.41) is 9.47. The van der Waals surface area contributed by atoms with Crippen LogP contribution < -0.4 is 9.62 Å². The number of carbonyl (C=O) groups is 1. The highest BCUT2D eigenvalue weighted by Gasteiger charge is 2.71. The molecule has 1 amide bonds. The first-order valence-corrected chi connectivity index (χ1v) is 12.6. The number of nitrogens with one attached hydrogen (secondary N) is 1. The number of rotatable bonds is 5. The Kier molecular flexibility index (Phi) is 6.92. The molecule has 208 valence electrons.